The van der Waals surface area contributed by atoms with Crippen molar-refractivity contribution in [2.75, 3.05) is 44.6 Å². The van der Waals surface area contributed by atoms with Crippen molar-refractivity contribution >= 4 is 34.9 Å². The van der Waals surface area contributed by atoms with Gasteiger partial charge in [0.2, 0.25) is 0 Å². The Kier molecular flexibility index (Phi) is 9.20. The molecular formula is C26H28ClN3O5. The quantitative estimate of drug-likeness (QED) is 0.375. The molecule has 0 aliphatic carbocycles. The largest absolute Gasteiger partial charge is 0.497 e. The lowest BCUT2D eigenvalue weighted by Gasteiger charge is -2.24. The number of methoxy groups -OCH3 is 3. The number of nitrogens with one attached hydrogen (secondary N) is 2. The monoisotopic (exact) mass is 497 g/mol. The fourth-order valence-corrected chi connectivity index (χ4v) is 3.58. The molecule has 0 heterocycles. The minimum atomic E-state index is -0.319. The summed E-state index contributed by atoms with van der Waals surface area (Å²) in [7, 11) is 4.63. The van der Waals surface area contributed by atoms with Gasteiger partial charge in [0.25, 0.3) is 5.91 Å². The van der Waals surface area contributed by atoms with Gasteiger partial charge in [0.15, 0.2) is 0 Å². The van der Waals surface area contributed by atoms with Crippen LogP contribution in [-0.2, 0) is 0 Å². The van der Waals surface area contributed by atoms with Gasteiger partial charge >= 0.3 is 6.03 Å². The molecule has 8 nitrogen and oxygen atoms in total. The predicted molar refractivity (Wildman–Crippen MR) is 137 cm³/mol. The van der Waals surface area contributed by atoms with Gasteiger partial charge in [-0.2, -0.15) is 0 Å². The third kappa shape index (κ3) is 7.04. The van der Waals surface area contributed by atoms with Gasteiger partial charge in [-0.3, -0.25) is 9.69 Å². The van der Waals surface area contributed by atoms with Crippen molar-refractivity contribution in [2.45, 2.75) is 6.42 Å². The van der Waals surface area contributed by atoms with Gasteiger partial charge in [-0.1, -0.05) is 17.7 Å². The van der Waals surface area contributed by atoms with Crippen LogP contribution in [0.4, 0.5) is 16.2 Å². The van der Waals surface area contributed by atoms with Crippen LogP contribution in [0.2, 0.25) is 5.02 Å². The summed E-state index contributed by atoms with van der Waals surface area (Å²) >= 11 is 6.04. The van der Waals surface area contributed by atoms with E-state index in [1.54, 1.807) is 85.8 Å². The van der Waals surface area contributed by atoms with Gasteiger partial charge in [0.05, 0.1) is 26.9 Å². The first-order valence-corrected chi connectivity index (χ1v) is 11.3. The summed E-state index contributed by atoms with van der Waals surface area (Å²) in [6, 6.07) is 18.8. The third-order valence-corrected chi connectivity index (χ3v) is 5.44. The second kappa shape index (κ2) is 12.5. The van der Waals surface area contributed by atoms with Crippen LogP contribution in [0.5, 0.6) is 17.2 Å². The highest BCUT2D eigenvalue weighted by Crippen LogP contribution is 2.25. The van der Waals surface area contributed by atoms with Crippen LogP contribution in [0, 0.1) is 0 Å². The zero-order valence-corrected chi connectivity index (χ0v) is 20.6. The van der Waals surface area contributed by atoms with Gasteiger partial charge in [-0.05, 0) is 61.0 Å². The first-order chi connectivity index (χ1) is 16.9. The standard InChI is InChI=1S/C26H28ClN3O5/c1-33-21-10-8-20(9-11-21)30(26(32)29-19-7-4-6-18(27)16-19)15-5-14-28-25(31)23-13-12-22(34-2)17-24(23)35-3/h4,6-13,16-17H,5,14-15H2,1-3H3,(H,28,31)(H,29,32). The molecule has 0 atom stereocenters. The minimum absolute atomic E-state index is 0.274. The van der Waals surface area contributed by atoms with E-state index in [0.29, 0.717) is 58.7 Å². The van der Waals surface area contributed by atoms with Crippen molar-refractivity contribution < 1.29 is 23.8 Å². The first kappa shape index (κ1) is 25.7. The van der Waals surface area contributed by atoms with Crippen LogP contribution in [0.25, 0.3) is 0 Å². The maximum atomic E-state index is 13.1. The van der Waals surface area contributed by atoms with Crippen molar-refractivity contribution in [1.82, 2.24) is 5.32 Å². The summed E-state index contributed by atoms with van der Waals surface area (Å²) in [5.74, 6) is 1.43. The van der Waals surface area contributed by atoms with Crippen molar-refractivity contribution in [2.24, 2.45) is 0 Å². The molecule has 3 amide bonds. The Morgan fingerprint density at radius 1 is 0.886 bits per heavy atom. The molecule has 35 heavy (non-hydrogen) atoms. The lowest BCUT2D eigenvalue weighted by Crippen LogP contribution is -2.37. The van der Waals surface area contributed by atoms with E-state index in [0.717, 1.165) is 0 Å². The molecule has 9 heteroatoms. The van der Waals surface area contributed by atoms with Crippen LogP contribution < -0.4 is 29.7 Å². The number of carbonyl (C=O) groups is 2. The van der Waals surface area contributed by atoms with E-state index in [1.165, 1.54) is 7.11 Å². The van der Waals surface area contributed by atoms with E-state index in [2.05, 4.69) is 10.6 Å². The molecule has 0 bridgehead atoms. The molecule has 0 spiro atoms. The third-order valence-electron chi connectivity index (χ3n) is 5.20. The Labute approximate surface area is 209 Å². The summed E-state index contributed by atoms with van der Waals surface area (Å²) in [6.07, 6.45) is 0.513. The molecule has 0 aliphatic heterocycles. The zero-order chi connectivity index (χ0) is 25.2. The number of nitrogens with zero attached hydrogens (tertiary/aromatic N) is 1. The maximum absolute atomic E-state index is 13.1. The van der Waals surface area contributed by atoms with Gasteiger partial charge in [0, 0.05) is 35.6 Å². The van der Waals surface area contributed by atoms with Gasteiger partial charge < -0.3 is 24.8 Å². The molecule has 0 fully saturated rings. The normalized spacial score (nSPS) is 10.3. The highest BCUT2D eigenvalue weighted by molar-refractivity contribution is 6.30. The molecule has 0 aliphatic rings. The Balaban J connectivity index is 1.66. The van der Waals surface area contributed by atoms with E-state index >= 15 is 0 Å². The summed E-state index contributed by atoms with van der Waals surface area (Å²) in [5.41, 5.74) is 1.67. The Morgan fingerprint density at radius 2 is 1.60 bits per heavy atom. The molecule has 3 rings (SSSR count). The van der Waals surface area contributed by atoms with E-state index in [1.807, 2.05) is 0 Å². The molecule has 0 saturated heterocycles. The van der Waals surface area contributed by atoms with E-state index in [-0.39, 0.29) is 11.9 Å². The zero-order valence-electron chi connectivity index (χ0n) is 19.8. The lowest BCUT2D eigenvalue weighted by atomic mass is 10.1. The molecule has 3 aromatic carbocycles. The molecule has 0 saturated carbocycles. The number of ether oxygens (including phenoxy) is 3. The smallest absolute Gasteiger partial charge is 0.326 e. The predicted octanol–water partition coefficient (Wildman–Crippen LogP) is 5.22. The number of hydrogen-bond acceptors (Lipinski definition) is 5. The lowest BCUT2D eigenvalue weighted by molar-refractivity contribution is 0.0950. The second-order valence-electron chi connectivity index (χ2n) is 7.47. The van der Waals surface area contributed by atoms with Crippen LogP contribution in [0.15, 0.2) is 66.7 Å². The molecule has 2 N–H and O–H groups in total. The summed E-state index contributed by atoms with van der Waals surface area (Å²) < 4.78 is 15.7. The van der Waals surface area contributed by atoms with Gasteiger partial charge in [-0.15, -0.1) is 0 Å². The summed E-state index contributed by atoms with van der Waals surface area (Å²) in [4.78, 5) is 27.4. The minimum Gasteiger partial charge on any atom is -0.497 e. The topological polar surface area (TPSA) is 89.1 Å². The van der Waals surface area contributed by atoms with Crippen LogP contribution in [-0.4, -0.2) is 46.4 Å². The average Bonchev–Trinajstić information content (AvgIpc) is 2.88. The first-order valence-electron chi connectivity index (χ1n) is 10.9. The second-order valence-corrected chi connectivity index (χ2v) is 7.90. The van der Waals surface area contributed by atoms with Crippen molar-refractivity contribution in [1.29, 1.82) is 0 Å². The Morgan fingerprint density at radius 3 is 2.26 bits per heavy atom. The van der Waals surface area contributed by atoms with Crippen LogP contribution in [0.1, 0.15) is 16.8 Å². The van der Waals surface area contributed by atoms with Crippen LogP contribution >= 0.6 is 11.6 Å². The number of benzene rings is 3. The summed E-state index contributed by atoms with van der Waals surface area (Å²) in [6.45, 7) is 0.712. The number of halogens is 1. The van der Waals surface area contributed by atoms with Crippen molar-refractivity contribution in [3.63, 3.8) is 0 Å². The van der Waals surface area contributed by atoms with E-state index < -0.39 is 0 Å². The average molecular weight is 498 g/mol. The number of carbonyl (C=O) groups excluding carboxylic acids is 2. The maximum Gasteiger partial charge on any atom is 0.326 e. The molecule has 3 aromatic rings. The van der Waals surface area contributed by atoms with E-state index in [9.17, 15) is 9.59 Å². The number of amides is 3. The Bertz CT molecular complexity index is 1150. The molecule has 184 valence electrons. The number of rotatable bonds is 10. The highest BCUT2D eigenvalue weighted by atomic mass is 35.5. The van der Waals surface area contributed by atoms with Crippen LogP contribution in [0.3, 0.4) is 0 Å². The molecular weight excluding hydrogens is 470 g/mol. The number of anilines is 2. The molecule has 0 unspecified atom stereocenters. The molecule has 0 aromatic heterocycles. The van der Waals surface area contributed by atoms with Gasteiger partial charge in [0.1, 0.15) is 17.2 Å². The SMILES string of the molecule is COc1ccc(N(CCCNC(=O)c2ccc(OC)cc2OC)C(=O)Nc2cccc(Cl)c2)cc1. The number of urea groups is 1. The number of hydrogen-bond donors (Lipinski definition) is 2. The fraction of sp³-hybridized carbons (Fsp3) is 0.231. The highest BCUT2D eigenvalue weighted by Gasteiger charge is 2.17. The van der Waals surface area contributed by atoms with Crippen molar-refractivity contribution in [3.8, 4) is 17.2 Å². The van der Waals surface area contributed by atoms with Gasteiger partial charge in [-0.25, -0.2) is 4.79 Å². The fourth-order valence-electron chi connectivity index (χ4n) is 3.39. The molecule has 0 radical (unpaired) electrons. The Hall–Kier alpha value is -3.91. The summed E-state index contributed by atoms with van der Waals surface area (Å²) in [5, 5.41) is 6.27. The van der Waals surface area contributed by atoms with Crippen molar-refractivity contribution in [3.05, 3.63) is 77.3 Å². The van der Waals surface area contributed by atoms with E-state index in [4.69, 9.17) is 25.8 Å².